The molecular formula is C21H35NO2. The van der Waals surface area contributed by atoms with E-state index in [2.05, 4.69) is 18.7 Å². The number of carbonyl (C=O) groups excluding carboxylic acids is 1. The summed E-state index contributed by atoms with van der Waals surface area (Å²) in [5.41, 5.74) is 0.797. The van der Waals surface area contributed by atoms with Crippen LogP contribution in [0.15, 0.2) is 0 Å². The number of aliphatic hydroxyl groups is 1. The van der Waals surface area contributed by atoms with Crippen molar-refractivity contribution in [1.82, 2.24) is 4.90 Å². The molecule has 1 saturated heterocycles. The normalized spacial score (nSPS) is 51.1. The van der Waals surface area contributed by atoms with Gasteiger partial charge in [0.1, 0.15) is 0 Å². The summed E-state index contributed by atoms with van der Waals surface area (Å²) in [6.07, 6.45) is 10.8. The minimum atomic E-state index is 0.335. The number of hydrogen-bond donors (Lipinski definition) is 1. The third kappa shape index (κ3) is 2.15. The smallest absolute Gasteiger partial charge is 0.222 e. The van der Waals surface area contributed by atoms with Crippen LogP contribution in [0.5, 0.6) is 0 Å². The Morgan fingerprint density at radius 2 is 1.79 bits per heavy atom. The third-order valence-electron chi connectivity index (χ3n) is 9.23. The van der Waals surface area contributed by atoms with E-state index in [0.717, 1.165) is 42.9 Å². The molecule has 4 fully saturated rings. The highest BCUT2D eigenvalue weighted by atomic mass is 16.3. The molecule has 0 radical (unpaired) electrons. The Morgan fingerprint density at radius 3 is 2.54 bits per heavy atom. The van der Waals surface area contributed by atoms with E-state index in [1.54, 1.807) is 0 Å². The van der Waals surface area contributed by atoms with Gasteiger partial charge in [-0.2, -0.15) is 0 Å². The van der Waals surface area contributed by atoms with Crippen molar-refractivity contribution in [3.63, 3.8) is 0 Å². The van der Waals surface area contributed by atoms with Crippen molar-refractivity contribution in [1.29, 1.82) is 0 Å². The van der Waals surface area contributed by atoms with Crippen LogP contribution in [0.1, 0.15) is 71.6 Å². The number of rotatable bonds is 2. The van der Waals surface area contributed by atoms with Crippen molar-refractivity contribution in [3.8, 4) is 0 Å². The Morgan fingerprint density at radius 1 is 1.04 bits per heavy atom. The second-order valence-electron chi connectivity index (χ2n) is 9.81. The van der Waals surface area contributed by atoms with Crippen molar-refractivity contribution in [2.75, 3.05) is 13.7 Å². The van der Waals surface area contributed by atoms with Crippen LogP contribution in [0, 0.1) is 34.5 Å². The monoisotopic (exact) mass is 333 g/mol. The molecule has 136 valence electrons. The van der Waals surface area contributed by atoms with E-state index < -0.39 is 0 Å². The van der Waals surface area contributed by atoms with Crippen LogP contribution in [0.3, 0.4) is 0 Å². The number of likely N-dealkylation sites (tertiary alicyclic amines) is 1. The Bertz CT molecular complexity index is 520. The van der Waals surface area contributed by atoms with Gasteiger partial charge in [-0.05, 0) is 85.9 Å². The summed E-state index contributed by atoms with van der Waals surface area (Å²) in [5, 5.41) is 9.48. The quantitative estimate of drug-likeness (QED) is 0.834. The van der Waals surface area contributed by atoms with E-state index >= 15 is 0 Å². The molecule has 4 aliphatic rings. The van der Waals surface area contributed by atoms with E-state index in [1.807, 2.05) is 7.05 Å². The van der Waals surface area contributed by atoms with Crippen molar-refractivity contribution in [3.05, 3.63) is 0 Å². The molecule has 0 unspecified atom stereocenters. The first-order chi connectivity index (χ1) is 11.4. The minimum absolute atomic E-state index is 0.335. The lowest BCUT2D eigenvalue weighted by Crippen LogP contribution is -2.61. The largest absolute Gasteiger partial charge is 0.396 e. The van der Waals surface area contributed by atoms with Crippen LogP contribution >= 0.6 is 0 Å². The summed E-state index contributed by atoms with van der Waals surface area (Å²) in [4.78, 5) is 14.3. The predicted molar refractivity (Wildman–Crippen MR) is 95.4 cm³/mol. The van der Waals surface area contributed by atoms with E-state index in [1.165, 1.54) is 38.5 Å². The van der Waals surface area contributed by atoms with Gasteiger partial charge in [-0.25, -0.2) is 0 Å². The third-order valence-corrected chi connectivity index (χ3v) is 9.23. The summed E-state index contributed by atoms with van der Waals surface area (Å²) in [6.45, 7) is 5.39. The van der Waals surface area contributed by atoms with Gasteiger partial charge in [0.05, 0.1) is 0 Å². The predicted octanol–water partition coefficient (Wildman–Crippen LogP) is 3.85. The molecule has 3 heteroatoms. The van der Waals surface area contributed by atoms with Crippen LogP contribution in [-0.4, -0.2) is 35.6 Å². The fourth-order valence-corrected chi connectivity index (χ4v) is 7.89. The molecule has 3 saturated carbocycles. The van der Waals surface area contributed by atoms with Gasteiger partial charge in [0.25, 0.3) is 0 Å². The lowest BCUT2D eigenvalue weighted by molar-refractivity contribution is -0.158. The maximum absolute atomic E-state index is 12.2. The van der Waals surface area contributed by atoms with E-state index in [9.17, 15) is 9.90 Å². The number of fused-ring (bicyclic) bond motifs is 5. The summed E-state index contributed by atoms with van der Waals surface area (Å²) >= 11 is 0. The topological polar surface area (TPSA) is 40.5 Å². The summed E-state index contributed by atoms with van der Waals surface area (Å²) in [7, 11) is 2.05. The van der Waals surface area contributed by atoms with Crippen molar-refractivity contribution < 1.29 is 9.90 Å². The standard InChI is InChI=1S/C21H35NO2/c1-20-11-8-17-15(16(20)6-4-14(20)10-13-23)5-7-18-21(17,2)12-9-19(24)22(18)3/h14-18,23H,4-13H2,1-3H3/t14-,15-,16-,17-,18+,20+,21+/m0/s1. The SMILES string of the molecule is CN1C(=O)CC[C@]2(C)[C@H]3CC[C@]4(C)[C@H](CCO)CC[C@H]4[C@@H]3CC[C@@H]12. The van der Waals surface area contributed by atoms with Gasteiger partial charge in [-0.3, -0.25) is 4.79 Å². The first-order valence-electron chi connectivity index (χ1n) is 10.3. The second-order valence-corrected chi connectivity index (χ2v) is 9.81. The maximum Gasteiger partial charge on any atom is 0.222 e. The molecule has 3 nitrogen and oxygen atoms in total. The molecule has 24 heavy (non-hydrogen) atoms. The molecule has 1 N–H and O–H groups in total. The number of amides is 1. The molecule has 0 bridgehead atoms. The lowest BCUT2D eigenvalue weighted by Gasteiger charge is -2.61. The number of nitrogens with zero attached hydrogens (tertiary/aromatic N) is 1. The molecule has 3 aliphatic carbocycles. The number of aliphatic hydroxyl groups excluding tert-OH is 1. The fourth-order valence-electron chi connectivity index (χ4n) is 7.89. The molecule has 4 rings (SSSR count). The second kappa shape index (κ2) is 5.72. The molecule has 0 aromatic heterocycles. The number of hydrogen-bond acceptors (Lipinski definition) is 2. The number of piperidine rings is 1. The van der Waals surface area contributed by atoms with Gasteiger partial charge >= 0.3 is 0 Å². The molecule has 1 aliphatic heterocycles. The van der Waals surface area contributed by atoms with Crippen molar-refractivity contribution in [2.45, 2.75) is 77.7 Å². The zero-order valence-corrected chi connectivity index (χ0v) is 15.8. The highest BCUT2D eigenvalue weighted by Gasteiger charge is 2.60. The summed E-state index contributed by atoms with van der Waals surface area (Å²) in [5.74, 6) is 3.61. The molecule has 0 aromatic carbocycles. The van der Waals surface area contributed by atoms with Crippen molar-refractivity contribution in [2.24, 2.45) is 34.5 Å². The van der Waals surface area contributed by atoms with E-state index in [4.69, 9.17) is 0 Å². The van der Waals surface area contributed by atoms with E-state index in [0.29, 0.717) is 29.4 Å². The Labute approximate surface area is 147 Å². The van der Waals surface area contributed by atoms with Gasteiger partial charge in [0.2, 0.25) is 5.91 Å². The molecule has 0 spiro atoms. The number of carbonyl (C=O) groups is 1. The lowest BCUT2D eigenvalue weighted by atomic mass is 9.46. The minimum Gasteiger partial charge on any atom is -0.396 e. The molecule has 1 amide bonds. The molecule has 0 aromatic rings. The van der Waals surface area contributed by atoms with Gasteiger partial charge in [-0.1, -0.05) is 13.8 Å². The Balaban J connectivity index is 1.61. The van der Waals surface area contributed by atoms with Gasteiger partial charge in [-0.15, -0.1) is 0 Å². The fraction of sp³-hybridized carbons (Fsp3) is 0.952. The van der Waals surface area contributed by atoms with Gasteiger partial charge in [0.15, 0.2) is 0 Å². The Kier molecular flexibility index (Phi) is 4.02. The molecular weight excluding hydrogens is 298 g/mol. The first-order valence-corrected chi connectivity index (χ1v) is 10.3. The zero-order valence-electron chi connectivity index (χ0n) is 15.8. The van der Waals surface area contributed by atoms with Crippen LogP contribution in [-0.2, 0) is 4.79 Å². The van der Waals surface area contributed by atoms with Gasteiger partial charge in [0, 0.05) is 26.1 Å². The zero-order chi connectivity index (χ0) is 17.1. The summed E-state index contributed by atoms with van der Waals surface area (Å²) in [6, 6.07) is 0.471. The van der Waals surface area contributed by atoms with Gasteiger partial charge < -0.3 is 10.0 Å². The average Bonchev–Trinajstić information content (AvgIpc) is 2.89. The van der Waals surface area contributed by atoms with Crippen LogP contribution in [0.25, 0.3) is 0 Å². The average molecular weight is 334 g/mol. The summed E-state index contributed by atoms with van der Waals surface area (Å²) < 4.78 is 0. The molecule has 7 atom stereocenters. The maximum atomic E-state index is 12.2. The first kappa shape index (κ1) is 16.9. The van der Waals surface area contributed by atoms with Crippen molar-refractivity contribution >= 4 is 5.91 Å². The Hall–Kier alpha value is -0.570. The highest BCUT2D eigenvalue weighted by Crippen LogP contribution is 2.66. The van der Waals surface area contributed by atoms with Crippen LogP contribution in [0.4, 0.5) is 0 Å². The van der Waals surface area contributed by atoms with Crippen LogP contribution in [0.2, 0.25) is 0 Å². The molecule has 1 heterocycles. The van der Waals surface area contributed by atoms with Crippen LogP contribution < -0.4 is 0 Å². The van der Waals surface area contributed by atoms with E-state index in [-0.39, 0.29) is 0 Å². The highest BCUT2D eigenvalue weighted by molar-refractivity contribution is 5.77.